The van der Waals surface area contributed by atoms with E-state index in [1.54, 1.807) is 11.3 Å². The van der Waals surface area contributed by atoms with Gasteiger partial charge in [-0.25, -0.2) is 0 Å². The molecule has 1 heterocycles. The van der Waals surface area contributed by atoms with Gasteiger partial charge < -0.3 is 10.6 Å². The first-order valence-electron chi connectivity index (χ1n) is 5.72. The van der Waals surface area contributed by atoms with Gasteiger partial charge in [0.1, 0.15) is 0 Å². The van der Waals surface area contributed by atoms with Crippen molar-refractivity contribution in [3.63, 3.8) is 0 Å². The predicted molar refractivity (Wildman–Crippen MR) is 71.9 cm³/mol. The van der Waals surface area contributed by atoms with Crippen LogP contribution in [0.25, 0.3) is 0 Å². The van der Waals surface area contributed by atoms with Gasteiger partial charge in [-0.05, 0) is 63.0 Å². The average molecular weight is 241 g/mol. The van der Waals surface area contributed by atoms with Crippen molar-refractivity contribution in [2.24, 2.45) is 5.73 Å². The molecule has 0 radical (unpaired) electrons. The zero-order chi connectivity index (χ0) is 12.0. The third-order valence-corrected chi connectivity index (χ3v) is 3.50. The fourth-order valence-corrected chi connectivity index (χ4v) is 2.53. The van der Waals surface area contributed by atoms with E-state index in [-0.39, 0.29) is 0 Å². The second-order valence-corrected chi connectivity index (χ2v) is 5.23. The molecule has 1 aromatic rings. The Bertz CT molecular complexity index is 272. The van der Waals surface area contributed by atoms with E-state index in [0.29, 0.717) is 12.6 Å². The van der Waals surface area contributed by atoms with Crippen molar-refractivity contribution in [3.05, 3.63) is 22.4 Å². The Morgan fingerprint density at radius 3 is 2.56 bits per heavy atom. The van der Waals surface area contributed by atoms with Gasteiger partial charge in [0.25, 0.3) is 0 Å². The van der Waals surface area contributed by atoms with Crippen LogP contribution in [0.4, 0.5) is 0 Å². The highest BCUT2D eigenvalue weighted by molar-refractivity contribution is 7.07. The smallest absolute Gasteiger partial charge is 0.0475 e. The van der Waals surface area contributed by atoms with Crippen molar-refractivity contribution < 1.29 is 0 Å². The van der Waals surface area contributed by atoms with Crippen LogP contribution in [0, 0.1) is 0 Å². The summed E-state index contributed by atoms with van der Waals surface area (Å²) in [5.41, 5.74) is 7.20. The van der Waals surface area contributed by atoms with Crippen molar-refractivity contribution in [2.45, 2.75) is 12.5 Å². The molecule has 1 rings (SSSR count). The van der Waals surface area contributed by atoms with Crippen molar-refractivity contribution in [3.8, 4) is 0 Å². The lowest BCUT2D eigenvalue weighted by Gasteiger charge is -2.26. The maximum Gasteiger partial charge on any atom is 0.0475 e. The molecule has 3 nitrogen and oxygen atoms in total. The average Bonchev–Trinajstić information content (AvgIpc) is 2.71. The fraction of sp³-hybridized carbons (Fsp3) is 0.667. The first kappa shape index (κ1) is 13.6. The molecule has 92 valence electrons. The van der Waals surface area contributed by atoms with E-state index in [1.165, 1.54) is 12.0 Å². The maximum absolute atomic E-state index is 5.85. The zero-order valence-corrected chi connectivity index (χ0v) is 11.3. The minimum Gasteiger partial charge on any atom is -0.329 e. The van der Waals surface area contributed by atoms with Gasteiger partial charge in [0.15, 0.2) is 0 Å². The van der Waals surface area contributed by atoms with Gasteiger partial charge in [0.05, 0.1) is 0 Å². The Labute approximate surface area is 103 Å². The van der Waals surface area contributed by atoms with Gasteiger partial charge in [-0.2, -0.15) is 11.3 Å². The molecule has 1 aromatic heterocycles. The number of rotatable bonds is 7. The summed E-state index contributed by atoms with van der Waals surface area (Å²) in [4.78, 5) is 4.57. The summed E-state index contributed by atoms with van der Waals surface area (Å²) in [5, 5.41) is 4.31. The van der Waals surface area contributed by atoms with Gasteiger partial charge >= 0.3 is 0 Å². The Kier molecular flexibility index (Phi) is 5.98. The Morgan fingerprint density at radius 1 is 1.31 bits per heavy atom. The van der Waals surface area contributed by atoms with Crippen LogP contribution in [0.15, 0.2) is 16.8 Å². The highest BCUT2D eigenvalue weighted by Gasteiger charge is 2.15. The number of thiophene rings is 1. The second kappa shape index (κ2) is 7.01. The standard InChI is InChI=1S/C12H23N3S/c1-14(2)6-4-7-15(3)12(9-13)11-5-8-16-10-11/h5,8,10,12H,4,6-7,9,13H2,1-3H3. The van der Waals surface area contributed by atoms with Gasteiger partial charge in [-0.15, -0.1) is 0 Å². The summed E-state index contributed by atoms with van der Waals surface area (Å²) in [7, 11) is 6.38. The van der Waals surface area contributed by atoms with Crippen LogP contribution >= 0.6 is 11.3 Å². The van der Waals surface area contributed by atoms with Gasteiger partial charge in [-0.1, -0.05) is 0 Å². The molecule has 0 aliphatic heterocycles. The summed E-state index contributed by atoms with van der Waals surface area (Å²) >= 11 is 1.74. The van der Waals surface area contributed by atoms with E-state index in [0.717, 1.165) is 13.1 Å². The molecule has 0 amide bonds. The predicted octanol–water partition coefficient (Wildman–Crippen LogP) is 1.63. The number of hydrogen-bond donors (Lipinski definition) is 1. The molecule has 0 spiro atoms. The normalized spacial score (nSPS) is 13.6. The largest absolute Gasteiger partial charge is 0.329 e. The monoisotopic (exact) mass is 241 g/mol. The molecule has 0 aromatic carbocycles. The van der Waals surface area contributed by atoms with Gasteiger partial charge in [0, 0.05) is 12.6 Å². The molecule has 2 N–H and O–H groups in total. The number of hydrogen-bond acceptors (Lipinski definition) is 4. The van der Waals surface area contributed by atoms with Crippen LogP contribution in [0.2, 0.25) is 0 Å². The van der Waals surface area contributed by atoms with Crippen LogP contribution in [-0.4, -0.2) is 50.6 Å². The van der Waals surface area contributed by atoms with Crippen LogP contribution in [-0.2, 0) is 0 Å². The van der Waals surface area contributed by atoms with Crippen LogP contribution in [0.1, 0.15) is 18.0 Å². The van der Waals surface area contributed by atoms with Crippen molar-refractivity contribution in [1.29, 1.82) is 0 Å². The molecule has 1 atom stereocenters. The van der Waals surface area contributed by atoms with Crippen molar-refractivity contribution in [1.82, 2.24) is 9.80 Å². The zero-order valence-electron chi connectivity index (χ0n) is 10.5. The highest BCUT2D eigenvalue weighted by atomic mass is 32.1. The summed E-state index contributed by atoms with van der Waals surface area (Å²) in [6, 6.07) is 2.54. The minimum absolute atomic E-state index is 0.369. The van der Waals surface area contributed by atoms with Crippen molar-refractivity contribution in [2.75, 3.05) is 40.8 Å². The summed E-state index contributed by atoms with van der Waals surface area (Å²) in [6.07, 6.45) is 1.18. The molecule has 0 aliphatic rings. The first-order chi connectivity index (χ1) is 7.65. The Hall–Kier alpha value is -0.420. The SMILES string of the molecule is CN(C)CCCN(C)C(CN)c1ccsc1. The lowest BCUT2D eigenvalue weighted by molar-refractivity contribution is 0.235. The maximum atomic E-state index is 5.85. The number of nitrogens with two attached hydrogens (primary N) is 1. The Balaban J connectivity index is 2.41. The molecule has 0 fully saturated rings. The molecule has 0 saturated heterocycles. The van der Waals surface area contributed by atoms with Crippen LogP contribution < -0.4 is 5.73 Å². The molecule has 4 heteroatoms. The first-order valence-corrected chi connectivity index (χ1v) is 6.66. The van der Waals surface area contributed by atoms with Crippen LogP contribution in [0.3, 0.4) is 0 Å². The summed E-state index contributed by atoms with van der Waals surface area (Å²) in [6.45, 7) is 2.91. The Morgan fingerprint density at radius 2 is 2.06 bits per heavy atom. The minimum atomic E-state index is 0.369. The van der Waals surface area contributed by atoms with Gasteiger partial charge in [0.2, 0.25) is 0 Å². The highest BCUT2D eigenvalue weighted by Crippen LogP contribution is 2.20. The van der Waals surface area contributed by atoms with E-state index in [2.05, 4.69) is 47.8 Å². The molecule has 0 aliphatic carbocycles. The number of likely N-dealkylation sites (N-methyl/N-ethyl adjacent to an activating group) is 1. The summed E-state index contributed by atoms with van der Waals surface area (Å²) in [5.74, 6) is 0. The van der Waals surface area contributed by atoms with E-state index in [4.69, 9.17) is 5.73 Å². The third kappa shape index (κ3) is 4.22. The topological polar surface area (TPSA) is 32.5 Å². The third-order valence-electron chi connectivity index (χ3n) is 2.80. The quantitative estimate of drug-likeness (QED) is 0.787. The summed E-state index contributed by atoms with van der Waals surface area (Å²) < 4.78 is 0. The number of nitrogens with zero attached hydrogens (tertiary/aromatic N) is 2. The van der Waals surface area contributed by atoms with Gasteiger partial charge in [-0.3, -0.25) is 4.90 Å². The lowest BCUT2D eigenvalue weighted by atomic mass is 10.1. The van der Waals surface area contributed by atoms with E-state index in [1.807, 2.05) is 0 Å². The lowest BCUT2D eigenvalue weighted by Crippen LogP contribution is -2.32. The van der Waals surface area contributed by atoms with E-state index in [9.17, 15) is 0 Å². The molecular weight excluding hydrogens is 218 g/mol. The molecule has 0 saturated carbocycles. The van der Waals surface area contributed by atoms with Crippen molar-refractivity contribution >= 4 is 11.3 Å². The van der Waals surface area contributed by atoms with E-state index < -0.39 is 0 Å². The molecule has 1 unspecified atom stereocenters. The molecular formula is C12H23N3S. The molecule has 16 heavy (non-hydrogen) atoms. The molecule has 0 bridgehead atoms. The van der Waals surface area contributed by atoms with E-state index >= 15 is 0 Å². The van der Waals surface area contributed by atoms with Crippen LogP contribution in [0.5, 0.6) is 0 Å². The second-order valence-electron chi connectivity index (χ2n) is 4.45. The fourth-order valence-electron chi connectivity index (χ4n) is 1.83.